The van der Waals surface area contributed by atoms with Crippen LogP contribution in [0.2, 0.25) is 0 Å². The highest BCUT2D eigenvalue weighted by atomic mass is 32.2. The van der Waals surface area contributed by atoms with Crippen molar-refractivity contribution in [2.45, 2.75) is 24.7 Å². The van der Waals surface area contributed by atoms with E-state index in [0.29, 0.717) is 12.1 Å². The predicted molar refractivity (Wildman–Crippen MR) is 74.1 cm³/mol. The average molecular weight is 277 g/mol. The van der Waals surface area contributed by atoms with Gasteiger partial charge >= 0.3 is 5.97 Å². The maximum Gasteiger partial charge on any atom is 0.358 e. The molecule has 1 N–H and O–H groups in total. The highest BCUT2D eigenvalue weighted by Crippen LogP contribution is 2.25. The van der Waals surface area contributed by atoms with Crippen LogP contribution in [0.5, 0.6) is 0 Å². The molecular formula is C13H15N3O2S. The van der Waals surface area contributed by atoms with Crippen molar-refractivity contribution in [3.8, 4) is 5.69 Å². The van der Waals surface area contributed by atoms with Crippen molar-refractivity contribution in [2.24, 2.45) is 0 Å². The summed E-state index contributed by atoms with van der Waals surface area (Å²) in [5.74, 6) is -1.03. The van der Waals surface area contributed by atoms with Crippen LogP contribution in [0.1, 0.15) is 29.5 Å². The van der Waals surface area contributed by atoms with Gasteiger partial charge in [0, 0.05) is 4.90 Å². The first-order valence-corrected chi connectivity index (χ1v) is 7.22. The molecule has 100 valence electrons. The average Bonchev–Trinajstić information content (AvgIpc) is 2.83. The maximum atomic E-state index is 11.2. The van der Waals surface area contributed by atoms with E-state index in [2.05, 4.69) is 10.3 Å². The number of thioether (sulfide) groups is 1. The van der Waals surface area contributed by atoms with Gasteiger partial charge in [-0.25, -0.2) is 9.48 Å². The van der Waals surface area contributed by atoms with Gasteiger partial charge in [-0.3, -0.25) is 0 Å². The lowest BCUT2D eigenvalue weighted by Gasteiger charge is -2.09. The fourth-order valence-corrected chi connectivity index (χ4v) is 2.51. The van der Waals surface area contributed by atoms with E-state index in [-0.39, 0.29) is 5.69 Å². The number of nitrogens with zero attached hydrogens (tertiary/aromatic N) is 3. The molecule has 0 aliphatic heterocycles. The third-order valence-electron chi connectivity index (χ3n) is 2.77. The molecule has 0 radical (unpaired) electrons. The fraction of sp³-hybridized carbons (Fsp3) is 0.308. The second kappa shape index (κ2) is 5.88. The number of carboxylic acid groups (broad SMARTS) is 1. The van der Waals surface area contributed by atoms with E-state index in [4.69, 9.17) is 5.11 Å². The van der Waals surface area contributed by atoms with Crippen molar-refractivity contribution in [2.75, 3.05) is 6.26 Å². The lowest BCUT2D eigenvalue weighted by atomic mass is 10.2. The molecule has 0 aliphatic carbocycles. The molecule has 0 fully saturated rings. The van der Waals surface area contributed by atoms with Gasteiger partial charge in [0.2, 0.25) is 0 Å². The van der Waals surface area contributed by atoms with Gasteiger partial charge in [-0.2, -0.15) is 0 Å². The zero-order chi connectivity index (χ0) is 13.8. The molecule has 6 heteroatoms. The van der Waals surface area contributed by atoms with Crippen LogP contribution in [0.4, 0.5) is 0 Å². The monoisotopic (exact) mass is 277 g/mol. The predicted octanol–water partition coefficient (Wildman–Crippen LogP) is 2.64. The van der Waals surface area contributed by atoms with Crippen molar-refractivity contribution < 1.29 is 9.90 Å². The minimum Gasteiger partial charge on any atom is -0.476 e. The van der Waals surface area contributed by atoms with Crippen LogP contribution in [0, 0.1) is 0 Å². The SMILES string of the molecule is CCCc1c(C(=O)O)nnn1-c1ccccc1SC. The number of hydrogen-bond donors (Lipinski definition) is 1. The summed E-state index contributed by atoms with van der Waals surface area (Å²) < 4.78 is 1.64. The molecule has 0 bridgehead atoms. The van der Waals surface area contributed by atoms with E-state index >= 15 is 0 Å². The van der Waals surface area contributed by atoms with Crippen molar-refractivity contribution in [1.29, 1.82) is 0 Å². The van der Waals surface area contributed by atoms with Crippen molar-refractivity contribution in [3.05, 3.63) is 35.7 Å². The molecule has 0 saturated heterocycles. The molecule has 0 unspecified atom stereocenters. The highest BCUT2D eigenvalue weighted by Gasteiger charge is 2.20. The van der Waals surface area contributed by atoms with Crippen LogP contribution in [0.25, 0.3) is 5.69 Å². The Bertz CT molecular complexity index is 595. The Morgan fingerprint density at radius 1 is 1.42 bits per heavy atom. The molecule has 0 amide bonds. The van der Waals surface area contributed by atoms with E-state index in [9.17, 15) is 4.79 Å². The van der Waals surface area contributed by atoms with E-state index in [0.717, 1.165) is 17.0 Å². The summed E-state index contributed by atoms with van der Waals surface area (Å²) in [6.07, 6.45) is 3.46. The van der Waals surface area contributed by atoms with Crippen molar-refractivity contribution >= 4 is 17.7 Å². The van der Waals surface area contributed by atoms with E-state index in [1.807, 2.05) is 37.4 Å². The standard InChI is InChI=1S/C13H15N3O2S/c1-3-6-10-12(13(17)18)14-15-16(10)9-7-4-5-8-11(9)19-2/h4-5,7-8H,3,6H2,1-2H3,(H,17,18). The number of para-hydroxylation sites is 1. The molecule has 0 saturated carbocycles. The van der Waals surface area contributed by atoms with E-state index < -0.39 is 5.97 Å². The number of benzene rings is 1. The number of hydrogen-bond acceptors (Lipinski definition) is 4. The van der Waals surface area contributed by atoms with Gasteiger partial charge in [0.15, 0.2) is 5.69 Å². The van der Waals surface area contributed by atoms with Crippen LogP contribution >= 0.6 is 11.8 Å². The molecule has 19 heavy (non-hydrogen) atoms. The Morgan fingerprint density at radius 3 is 2.79 bits per heavy atom. The van der Waals surface area contributed by atoms with Crippen LogP contribution in [-0.2, 0) is 6.42 Å². The van der Waals surface area contributed by atoms with Gasteiger partial charge in [-0.15, -0.1) is 16.9 Å². The van der Waals surface area contributed by atoms with Gasteiger partial charge in [-0.1, -0.05) is 30.7 Å². The van der Waals surface area contributed by atoms with E-state index in [1.165, 1.54) is 0 Å². The van der Waals surface area contributed by atoms with Crippen LogP contribution < -0.4 is 0 Å². The zero-order valence-electron chi connectivity index (χ0n) is 10.8. The van der Waals surface area contributed by atoms with E-state index in [1.54, 1.807) is 16.4 Å². The van der Waals surface area contributed by atoms with Crippen LogP contribution in [0.3, 0.4) is 0 Å². The van der Waals surface area contributed by atoms with Gasteiger partial charge in [0.05, 0.1) is 11.4 Å². The molecule has 2 rings (SSSR count). The molecule has 2 aromatic rings. The Morgan fingerprint density at radius 2 is 2.16 bits per heavy atom. The highest BCUT2D eigenvalue weighted by molar-refractivity contribution is 7.98. The summed E-state index contributed by atoms with van der Waals surface area (Å²) in [5, 5.41) is 17.0. The summed E-state index contributed by atoms with van der Waals surface area (Å²) >= 11 is 1.60. The topological polar surface area (TPSA) is 68.0 Å². The molecule has 0 aliphatic rings. The number of aromatic nitrogens is 3. The molecule has 5 nitrogen and oxygen atoms in total. The number of rotatable bonds is 5. The normalized spacial score (nSPS) is 10.6. The summed E-state index contributed by atoms with van der Waals surface area (Å²) in [6, 6.07) is 7.76. The molecular weight excluding hydrogens is 262 g/mol. The van der Waals surface area contributed by atoms with Crippen LogP contribution in [0.15, 0.2) is 29.2 Å². The third-order valence-corrected chi connectivity index (χ3v) is 3.55. The largest absolute Gasteiger partial charge is 0.476 e. The zero-order valence-corrected chi connectivity index (χ0v) is 11.6. The second-order valence-corrected chi connectivity index (χ2v) is 4.87. The van der Waals surface area contributed by atoms with Gasteiger partial charge < -0.3 is 5.11 Å². The second-order valence-electron chi connectivity index (χ2n) is 4.02. The fourth-order valence-electron chi connectivity index (χ4n) is 1.93. The summed E-state index contributed by atoms with van der Waals surface area (Å²) in [6.45, 7) is 2.00. The first-order valence-electron chi connectivity index (χ1n) is 6.00. The summed E-state index contributed by atoms with van der Waals surface area (Å²) in [5.41, 5.74) is 1.56. The Hall–Kier alpha value is -1.82. The minimum atomic E-state index is -1.03. The molecule has 0 atom stereocenters. The Kier molecular flexibility index (Phi) is 4.21. The Balaban J connectivity index is 2.58. The molecule has 0 spiro atoms. The van der Waals surface area contributed by atoms with Gasteiger partial charge in [-0.05, 0) is 24.8 Å². The summed E-state index contributed by atoms with van der Waals surface area (Å²) in [7, 11) is 0. The smallest absolute Gasteiger partial charge is 0.358 e. The van der Waals surface area contributed by atoms with Crippen LogP contribution in [-0.4, -0.2) is 32.3 Å². The quantitative estimate of drug-likeness (QED) is 0.851. The molecule has 1 heterocycles. The molecule has 1 aromatic carbocycles. The van der Waals surface area contributed by atoms with Gasteiger partial charge in [0.1, 0.15) is 0 Å². The van der Waals surface area contributed by atoms with Crippen molar-refractivity contribution in [3.63, 3.8) is 0 Å². The minimum absolute atomic E-state index is 0.0396. The van der Waals surface area contributed by atoms with Crippen molar-refractivity contribution in [1.82, 2.24) is 15.0 Å². The molecule has 1 aromatic heterocycles. The first-order chi connectivity index (χ1) is 9.19. The lowest BCUT2D eigenvalue weighted by molar-refractivity contribution is 0.0689. The van der Waals surface area contributed by atoms with Gasteiger partial charge in [0.25, 0.3) is 0 Å². The third kappa shape index (κ3) is 2.63. The number of carbonyl (C=O) groups is 1. The summed E-state index contributed by atoms with van der Waals surface area (Å²) in [4.78, 5) is 12.2. The number of aromatic carboxylic acids is 1. The lowest BCUT2D eigenvalue weighted by Crippen LogP contribution is -2.07. The Labute approximate surface area is 115 Å². The first kappa shape index (κ1) is 13.6. The number of carboxylic acids is 1. The maximum absolute atomic E-state index is 11.2.